The maximum absolute atomic E-state index is 5.88. The summed E-state index contributed by atoms with van der Waals surface area (Å²) in [7, 11) is 0. The van der Waals surface area contributed by atoms with Gasteiger partial charge in [-0.25, -0.2) is 0 Å². The molecule has 0 unspecified atom stereocenters. The third-order valence-electron chi connectivity index (χ3n) is 1.66. The second-order valence-corrected chi connectivity index (χ2v) is 5.74. The van der Waals surface area contributed by atoms with E-state index in [1.807, 2.05) is 32.0 Å². The molecule has 0 aromatic heterocycles. The summed E-state index contributed by atoms with van der Waals surface area (Å²) in [5.41, 5.74) is 6.73. The molecule has 0 atom stereocenters. The van der Waals surface area contributed by atoms with E-state index >= 15 is 0 Å². The first-order chi connectivity index (χ1) is 6.38. The summed E-state index contributed by atoms with van der Waals surface area (Å²) in [6.07, 6.45) is 0. The molecule has 0 radical (unpaired) electrons. The number of halogens is 2. The van der Waals surface area contributed by atoms with Gasteiger partial charge in [-0.15, -0.1) is 0 Å². The van der Waals surface area contributed by atoms with Gasteiger partial charge in [-0.05, 0) is 48.0 Å². The predicted octanol–water partition coefficient (Wildman–Crippen LogP) is 3.36. The van der Waals surface area contributed by atoms with E-state index in [0.717, 1.165) is 21.2 Å². The molecule has 78 valence electrons. The number of nitrogens with one attached hydrogen (secondary N) is 1. The minimum Gasteiger partial charge on any atom is -0.382 e. The lowest BCUT2D eigenvalue weighted by Gasteiger charge is -2.20. The molecule has 0 fully saturated rings. The molecule has 4 heteroatoms. The largest absolute Gasteiger partial charge is 0.382 e. The fourth-order valence-electron chi connectivity index (χ4n) is 0.956. The molecule has 1 rings (SSSR count). The monoisotopic (exact) mass is 320 g/mol. The van der Waals surface area contributed by atoms with E-state index < -0.39 is 0 Å². The van der Waals surface area contributed by atoms with Gasteiger partial charge in [-0.2, -0.15) is 0 Å². The zero-order valence-corrected chi connectivity index (χ0v) is 11.4. The minimum absolute atomic E-state index is 0.207. The molecule has 0 aliphatic heterocycles. The summed E-state index contributed by atoms with van der Waals surface area (Å²) in [4.78, 5) is 0. The van der Waals surface area contributed by atoms with Gasteiger partial charge in [0.2, 0.25) is 0 Å². The van der Waals surface area contributed by atoms with E-state index in [1.165, 1.54) is 0 Å². The molecule has 0 aliphatic rings. The third kappa shape index (κ3) is 3.98. The lowest BCUT2D eigenvalue weighted by Crippen LogP contribution is -2.39. The van der Waals surface area contributed by atoms with Crippen LogP contribution in [-0.4, -0.2) is 12.1 Å². The first-order valence-corrected chi connectivity index (χ1v) is 5.95. The van der Waals surface area contributed by atoms with Crippen molar-refractivity contribution in [1.29, 1.82) is 0 Å². The Morgan fingerprint density at radius 1 is 1.36 bits per heavy atom. The Balaban J connectivity index is 2.72. The van der Waals surface area contributed by atoms with Crippen LogP contribution in [-0.2, 0) is 0 Å². The van der Waals surface area contributed by atoms with Crippen molar-refractivity contribution < 1.29 is 0 Å². The van der Waals surface area contributed by atoms with Crippen molar-refractivity contribution in [1.82, 2.24) is 0 Å². The maximum atomic E-state index is 5.88. The molecule has 3 N–H and O–H groups in total. The highest BCUT2D eigenvalue weighted by molar-refractivity contribution is 9.11. The topological polar surface area (TPSA) is 38.0 Å². The first-order valence-electron chi connectivity index (χ1n) is 4.36. The van der Waals surface area contributed by atoms with Crippen molar-refractivity contribution in [2.45, 2.75) is 19.4 Å². The lowest BCUT2D eigenvalue weighted by molar-refractivity contribution is 0.549. The van der Waals surface area contributed by atoms with Gasteiger partial charge in [0, 0.05) is 26.7 Å². The summed E-state index contributed by atoms with van der Waals surface area (Å²) in [6.45, 7) is 4.72. The highest BCUT2D eigenvalue weighted by Crippen LogP contribution is 2.26. The molecule has 0 bridgehead atoms. The summed E-state index contributed by atoms with van der Waals surface area (Å²) in [6, 6.07) is 6.01. The molecule has 0 spiro atoms. The van der Waals surface area contributed by atoms with Gasteiger partial charge < -0.3 is 11.1 Å². The van der Waals surface area contributed by atoms with E-state index in [1.54, 1.807) is 0 Å². The van der Waals surface area contributed by atoms with Crippen molar-refractivity contribution in [2.24, 2.45) is 5.73 Å². The molecule has 2 nitrogen and oxygen atoms in total. The lowest BCUT2D eigenvalue weighted by atomic mass is 10.1. The number of hydrogen-bond acceptors (Lipinski definition) is 2. The van der Waals surface area contributed by atoms with Gasteiger partial charge >= 0.3 is 0 Å². The van der Waals surface area contributed by atoms with Crippen LogP contribution in [0.1, 0.15) is 13.8 Å². The molecule has 1 aromatic carbocycles. The molecular weight excluding hydrogens is 308 g/mol. The first kappa shape index (κ1) is 12.0. The number of nitrogens with two attached hydrogens (primary N) is 1. The molecule has 0 heterocycles. The molecule has 0 saturated carbocycles. The highest BCUT2D eigenvalue weighted by Gasteiger charge is 2.10. The van der Waals surface area contributed by atoms with Crippen LogP contribution in [0.4, 0.5) is 5.69 Å². The zero-order valence-electron chi connectivity index (χ0n) is 8.27. The number of rotatable bonds is 3. The van der Waals surface area contributed by atoms with Gasteiger partial charge in [0.15, 0.2) is 0 Å². The van der Waals surface area contributed by atoms with E-state index in [9.17, 15) is 0 Å². The van der Waals surface area contributed by atoms with Crippen molar-refractivity contribution in [3.05, 3.63) is 27.1 Å². The molecule has 1 aromatic rings. The highest BCUT2D eigenvalue weighted by atomic mass is 79.9. The van der Waals surface area contributed by atoms with Crippen LogP contribution in [0.15, 0.2) is 27.1 Å². The van der Waals surface area contributed by atoms with Crippen LogP contribution in [0.2, 0.25) is 0 Å². The molecule has 14 heavy (non-hydrogen) atoms. The Morgan fingerprint density at radius 2 is 2.00 bits per heavy atom. The van der Waals surface area contributed by atoms with Gasteiger partial charge in [0.05, 0.1) is 0 Å². The predicted molar refractivity (Wildman–Crippen MR) is 68.6 cm³/mol. The van der Waals surface area contributed by atoms with E-state index in [-0.39, 0.29) is 5.54 Å². The number of anilines is 1. The van der Waals surface area contributed by atoms with Gasteiger partial charge in [-0.1, -0.05) is 15.9 Å². The fraction of sp³-hybridized carbons (Fsp3) is 0.400. The van der Waals surface area contributed by atoms with Gasteiger partial charge in [-0.3, -0.25) is 0 Å². The normalized spacial score (nSPS) is 11.5. The standard InChI is InChI=1S/C10H14Br2N2/c1-10(2,13)6-14-9-5-7(11)3-4-8(9)12/h3-5,14H,6,13H2,1-2H3. The van der Waals surface area contributed by atoms with E-state index in [4.69, 9.17) is 5.73 Å². The van der Waals surface area contributed by atoms with Crippen LogP contribution in [0.5, 0.6) is 0 Å². The van der Waals surface area contributed by atoms with Gasteiger partial charge in [0.1, 0.15) is 0 Å². The van der Waals surface area contributed by atoms with E-state index in [0.29, 0.717) is 0 Å². The summed E-state index contributed by atoms with van der Waals surface area (Å²) in [5.74, 6) is 0. The smallest absolute Gasteiger partial charge is 0.0496 e. The number of benzene rings is 1. The van der Waals surface area contributed by atoms with E-state index in [2.05, 4.69) is 37.2 Å². The Bertz CT molecular complexity index is 318. The van der Waals surface area contributed by atoms with Crippen LogP contribution in [0.25, 0.3) is 0 Å². The second kappa shape index (κ2) is 4.64. The quantitative estimate of drug-likeness (QED) is 0.896. The minimum atomic E-state index is -0.207. The number of hydrogen-bond donors (Lipinski definition) is 2. The Kier molecular flexibility index (Phi) is 3.98. The molecule has 0 aliphatic carbocycles. The van der Waals surface area contributed by atoms with Gasteiger partial charge in [0.25, 0.3) is 0 Å². The molecule has 0 saturated heterocycles. The summed E-state index contributed by atoms with van der Waals surface area (Å²) < 4.78 is 2.10. The van der Waals surface area contributed by atoms with Crippen molar-refractivity contribution in [3.63, 3.8) is 0 Å². The average Bonchev–Trinajstić information content (AvgIpc) is 2.05. The Labute approximate surface area is 102 Å². The summed E-state index contributed by atoms with van der Waals surface area (Å²) >= 11 is 6.90. The zero-order chi connectivity index (χ0) is 10.8. The fourth-order valence-corrected chi connectivity index (χ4v) is 1.70. The average molecular weight is 322 g/mol. The molecule has 0 amide bonds. The van der Waals surface area contributed by atoms with Crippen molar-refractivity contribution in [3.8, 4) is 0 Å². The van der Waals surface area contributed by atoms with Crippen LogP contribution >= 0.6 is 31.9 Å². The van der Waals surface area contributed by atoms with Crippen LogP contribution in [0.3, 0.4) is 0 Å². The van der Waals surface area contributed by atoms with Crippen molar-refractivity contribution >= 4 is 37.5 Å². The van der Waals surface area contributed by atoms with Crippen LogP contribution in [0, 0.1) is 0 Å². The van der Waals surface area contributed by atoms with Crippen molar-refractivity contribution in [2.75, 3.05) is 11.9 Å². The SMILES string of the molecule is CC(C)(N)CNc1cc(Br)ccc1Br. The van der Waals surface area contributed by atoms with Crippen LogP contribution < -0.4 is 11.1 Å². The maximum Gasteiger partial charge on any atom is 0.0496 e. The second-order valence-electron chi connectivity index (χ2n) is 3.97. The third-order valence-corrected chi connectivity index (χ3v) is 2.85. The molecular formula is C10H14Br2N2. The Morgan fingerprint density at radius 3 is 2.57 bits per heavy atom. The summed E-state index contributed by atoms with van der Waals surface area (Å²) in [5, 5.41) is 3.29. The Hall–Kier alpha value is -0.0600.